The van der Waals surface area contributed by atoms with E-state index in [1.807, 2.05) is 48.0 Å². The first kappa shape index (κ1) is 49.8. The van der Waals surface area contributed by atoms with E-state index in [2.05, 4.69) is 41.4 Å². The van der Waals surface area contributed by atoms with Crippen LogP contribution in [0.2, 0.25) is 0 Å². The van der Waals surface area contributed by atoms with E-state index >= 15 is 0 Å². The lowest BCUT2D eigenvalue weighted by molar-refractivity contribution is -0.137. The van der Waals surface area contributed by atoms with E-state index in [1.165, 1.54) is 11.2 Å². The molecule has 0 aliphatic carbocycles. The fraction of sp³-hybridized carbons (Fsp3) is 0.408. The third-order valence-corrected chi connectivity index (χ3v) is 11.4. The summed E-state index contributed by atoms with van der Waals surface area (Å²) in [5.74, 6) is 0.408. The first-order valence-corrected chi connectivity index (χ1v) is 23.1. The molecule has 0 saturated carbocycles. The maximum absolute atomic E-state index is 13.0. The Hall–Kier alpha value is -7.13. The van der Waals surface area contributed by atoms with Crippen LogP contribution >= 0.6 is 0 Å². The SMILES string of the molecule is Cn1c(CNc2cccc(C(=O)NCc3cccc(OCCCCCCOCCOCCOCCOCC(=O)Nc4cccc5c4CN(C4CCC(=O)NC4=O)C5=O)c3)c2)nnc1-c1ccncn1. The molecule has 2 aliphatic rings. The Balaban J connectivity index is 0.655. The number of anilines is 2. The maximum Gasteiger partial charge on any atom is 0.255 e. The third-order valence-electron chi connectivity index (χ3n) is 11.4. The van der Waals surface area contributed by atoms with Crippen molar-refractivity contribution >= 4 is 40.9 Å². The molecule has 0 spiro atoms. The van der Waals surface area contributed by atoms with Crippen molar-refractivity contribution in [1.82, 2.24) is 40.3 Å². The lowest BCUT2D eigenvalue weighted by Gasteiger charge is -2.29. The molecule has 5 amide bonds. The average Bonchev–Trinajstić information content (AvgIpc) is 3.91. The zero-order chi connectivity index (χ0) is 48.2. The molecule has 5 aromatic rings. The summed E-state index contributed by atoms with van der Waals surface area (Å²) < 4.78 is 30.1. The van der Waals surface area contributed by atoms with Gasteiger partial charge in [-0.05, 0) is 79.8 Å². The monoisotopic (exact) mass is 946 g/mol. The largest absolute Gasteiger partial charge is 0.494 e. The summed E-state index contributed by atoms with van der Waals surface area (Å²) in [5.41, 5.74) is 4.46. The van der Waals surface area contributed by atoms with Crippen molar-refractivity contribution in [2.45, 2.75) is 64.2 Å². The zero-order valence-corrected chi connectivity index (χ0v) is 38.7. The topological polar surface area (TPSA) is 239 Å². The van der Waals surface area contributed by atoms with Crippen molar-refractivity contribution in [1.29, 1.82) is 0 Å². The van der Waals surface area contributed by atoms with Crippen molar-refractivity contribution < 1.29 is 47.7 Å². The number of nitrogens with one attached hydrogen (secondary N) is 4. The van der Waals surface area contributed by atoms with Crippen LogP contribution in [0.3, 0.4) is 0 Å². The Bertz CT molecular complexity index is 2520. The third kappa shape index (κ3) is 14.7. The van der Waals surface area contributed by atoms with Gasteiger partial charge in [0.15, 0.2) is 11.6 Å². The summed E-state index contributed by atoms with van der Waals surface area (Å²) in [6.45, 7) is 4.22. The van der Waals surface area contributed by atoms with Gasteiger partial charge >= 0.3 is 0 Å². The van der Waals surface area contributed by atoms with Crippen molar-refractivity contribution in [3.05, 3.63) is 113 Å². The molecule has 1 fully saturated rings. The molecule has 364 valence electrons. The number of carbonyl (C=O) groups excluding carboxylic acids is 5. The van der Waals surface area contributed by atoms with Gasteiger partial charge in [0, 0.05) is 67.4 Å². The Morgan fingerprint density at radius 1 is 0.797 bits per heavy atom. The van der Waals surface area contributed by atoms with E-state index in [4.69, 9.17) is 23.7 Å². The molecule has 2 aliphatic heterocycles. The maximum atomic E-state index is 13.0. The van der Waals surface area contributed by atoms with Crippen LogP contribution in [0.15, 0.2) is 85.3 Å². The van der Waals surface area contributed by atoms with Crippen LogP contribution < -0.4 is 26.0 Å². The standard InChI is InChI=1S/C49H58N10O10/c1-58-43(56-57-46(58)41-17-18-50-33-53-41)30-51-36-11-7-10-35(28-36)47(62)52-29-34-9-6-12-37(27-34)69-20-5-3-2-4-19-65-21-22-66-23-24-67-25-26-68-32-45(61)54-40-14-8-13-38-39(40)31-59(49(38)64)42-15-16-44(60)55-48(42)63/h6-14,17-18,27-28,33,42,51H,2-5,15-16,19-26,29-32H2,1H3,(H,52,62)(H,54,61)(H,55,60,63). The molecule has 0 radical (unpaired) electrons. The number of carbonyl (C=O) groups is 5. The highest BCUT2D eigenvalue weighted by molar-refractivity contribution is 6.07. The predicted molar refractivity (Wildman–Crippen MR) is 252 cm³/mol. The van der Waals surface area contributed by atoms with E-state index in [9.17, 15) is 24.0 Å². The number of nitrogens with zero attached hydrogens (tertiary/aromatic N) is 6. The first-order valence-electron chi connectivity index (χ1n) is 23.1. The lowest BCUT2D eigenvalue weighted by atomic mass is 10.0. The quantitative estimate of drug-likeness (QED) is 0.0406. The van der Waals surface area contributed by atoms with Gasteiger partial charge in [0.1, 0.15) is 30.4 Å². The number of amides is 5. The van der Waals surface area contributed by atoms with Crippen LogP contribution in [0.4, 0.5) is 11.4 Å². The molecule has 69 heavy (non-hydrogen) atoms. The van der Waals surface area contributed by atoms with Crippen molar-refractivity contribution in [2.75, 3.05) is 70.1 Å². The van der Waals surface area contributed by atoms with Gasteiger partial charge in [0.2, 0.25) is 17.7 Å². The minimum absolute atomic E-state index is 0.156. The molecule has 3 aromatic carbocycles. The lowest BCUT2D eigenvalue weighted by Crippen LogP contribution is -2.52. The number of piperidine rings is 1. The van der Waals surface area contributed by atoms with Gasteiger partial charge in [-0.25, -0.2) is 9.97 Å². The van der Waals surface area contributed by atoms with Crippen LogP contribution in [0.5, 0.6) is 5.75 Å². The molecule has 1 saturated heterocycles. The van der Waals surface area contributed by atoms with Crippen LogP contribution in [0.1, 0.15) is 76.2 Å². The van der Waals surface area contributed by atoms with Gasteiger partial charge in [-0.1, -0.05) is 30.7 Å². The smallest absolute Gasteiger partial charge is 0.255 e. The van der Waals surface area contributed by atoms with Gasteiger partial charge in [0.05, 0.1) is 52.8 Å². The summed E-state index contributed by atoms with van der Waals surface area (Å²) in [6, 6.07) is 21.1. The minimum atomic E-state index is -0.735. The molecule has 4 heterocycles. The summed E-state index contributed by atoms with van der Waals surface area (Å²) in [6.07, 6.45) is 7.46. The molecule has 4 N–H and O–H groups in total. The molecular formula is C49H58N10O10. The molecule has 1 atom stereocenters. The second-order valence-corrected chi connectivity index (χ2v) is 16.3. The molecular weight excluding hydrogens is 889 g/mol. The first-order chi connectivity index (χ1) is 33.7. The van der Waals surface area contributed by atoms with Crippen molar-refractivity contribution in [3.63, 3.8) is 0 Å². The number of hydrogen-bond acceptors (Lipinski definition) is 15. The van der Waals surface area contributed by atoms with E-state index < -0.39 is 11.9 Å². The Morgan fingerprint density at radius 2 is 1.55 bits per heavy atom. The van der Waals surface area contributed by atoms with Crippen LogP contribution in [-0.4, -0.2) is 125 Å². The highest BCUT2D eigenvalue weighted by atomic mass is 16.6. The van der Waals surface area contributed by atoms with E-state index in [-0.39, 0.29) is 56.2 Å². The highest BCUT2D eigenvalue weighted by Crippen LogP contribution is 2.32. The van der Waals surface area contributed by atoms with Gasteiger partial charge in [-0.2, -0.15) is 0 Å². The summed E-state index contributed by atoms with van der Waals surface area (Å²) >= 11 is 0. The second kappa shape index (κ2) is 25.9. The number of hydrogen-bond donors (Lipinski definition) is 4. The number of benzene rings is 3. The molecule has 0 bridgehead atoms. The van der Waals surface area contributed by atoms with Crippen LogP contribution in [-0.2, 0) is 60.0 Å². The number of unbranched alkanes of at least 4 members (excludes halogenated alkanes) is 3. The van der Waals surface area contributed by atoms with Crippen LogP contribution in [0, 0.1) is 0 Å². The molecule has 20 nitrogen and oxygen atoms in total. The highest BCUT2D eigenvalue weighted by Gasteiger charge is 2.40. The normalized spacial score (nSPS) is 14.4. The summed E-state index contributed by atoms with van der Waals surface area (Å²) in [4.78, 5) is 72.2. The number of aromatic nitrogens is 5. The Morgan fingerprint density at radius 3 is 2.33 bits per heavy atom. The average molecular weight is 947 g/mol. The van der Waals surface area contributed by atoms with Gasteiger partial charge in [-0.3, -0.25) is 29.3 Å². The van der Waals surface area contributed by atoms with Crippen LogP contribution in [0.25, 0.3) is 11.5 Å². The minimum Gasteiger partial charge on any atom is -0.494 e. The van der Waals surface area contributed by atoms with Crippen molar-refractivity contribution in [2.24, 2.45) is 7.05 Å². The summed E-state index contributed by atoms with van der Waals surface area (Å²) in [7, 11) is 1.88. The molecule has 1 unspecified atom stereocenters. The van der Waals surface area contributed by atoms with E-state index in [1.54, 1.807) is 42.6 Å². The Kier molecular flexibility index (Phi) is 18.6. The molecule has 2 aromatic heterocycles. The second-order valence-electron chi connectivity index (χ2n) is 16.3. The fourth-order valence-corrected chi connectivity index (χ4v) is 7.71. The number of rotatable bonds is 28. The Labute approximate surface area is 399 Å². The number of ether oxygens (including phenoxy) is 5. The number of imide groups is 1. The molecule has 7 rings (SSSR count). The summed E-state index contributed by atoms with van der Waals surface area (Å²) in [5, 5.41) is 20.0. The van der Waals surface area contributed by atoms with E-state index in [0.29, 0.717) is 93.2 Å². The fourth-order valence-electron chi connectivity index (χ4n) is 7.71. The zero-order valence-electron chi connectivity index (χ0n) is 38.7. The van der Waals surface area contributed by atoms with Gasteiger partial charge in [0.25, 0.3) is 11.8 Å². The predicted octanol–water partition coefficient (Wildman–Crippen LogP) is 4.22. The van der Waals surface area contributed by atoms with E-state index in [0.717, 1.165) is 48.5 Å². The van der Waals surface area contributed by atoms with Gasteiger partial charge < -0.3 is 49.1 Å². The van der Waals surface area contributed by atoms with Gasteiger partial charge in [-0.15, -0.1) is 10.2 Å². The van der Waals surface area contributed by atoms with Crippen molar-refractivity contribution in [3.8, 4) is 17.3 Å². The molecule has 20 heteroatoms. The number of fused-ring (bicyclic) bond motifs is 1.